The third-order valence-corrected chi connectivity index (χ3v) is 4.78. The first kappa shape index (κ1) is 17.9. The van der Waals surface area contributed by atoms with Gasteiger partial charge >= 0.3 is 0 Å². The molecule has 1 aliphatic rings. The quantitative estimate of drug-likeness (QED) is 0.722. The number of carbonyl (C=O) groups is 2. The number of carbonyl (C=O) groups excluding carboxylic acids is 2. The van der Waals surface area contributed by atoms with Crippen LogP contribution in [0.15, 0.2) is 42.9 Å². The molecule has 2 amide bonds. The van der Waals surface area contributed by atoms with Crippen LogP contribution < -0.4 is 10.2 Å². The minimum absolute atomic E-state index is 0.0483. The second kappa shape index (κ2) is 7.26. The third kappa shape index (κ3) is 3.51. The minimum Gasteiger partial charge on any atom is -0.337 e. The summed E-state index contributed by atoms with van der Waals surface area (Å²) in [5.41, 5.74) is 2.68. The van der Waals surface area contributed by atoms with Crippen LogP contribution >= 0.6 is 0 Å². The Hall–Kier alpha value is -3.49. The van der Waals surface area contributed by atoms with E-state index in [1.807, 2.05) is 43.6 Å². The van der Waals surface area contributed by atoms with Gasteiger partial charge in [0.15, 0.2) is 0 Å². The first-order valence-electron chi connectivity index (χ1n) is 9.05. The standard InChI is InChI=1S/C19H21N7O2/c1-24-11-16-14(22-24)8-9-15(19(28)25(16)2)21-18(27)17-20-12-26(23-17)10-13-6-4-3-5-7-13/h3-7,11-12,15H,8-10H2,1-2H3,(H,21,27)/t15-/m0/s1. The highest BCUT2D eigenvalue weighted by Crippen LogP contribution is 2.24. The Balaban J connectivity index is 1.44. The molecule has 0 aliphatic carbocycles. The van der Waals surface area contributed by atoms with E-state index in [1.165, 1.54) is 6.33 Å². The van der Waals surface area contributed by atoms with Crippen molar-refractivity contribution >= 4 is 17.5 Å². The molecular formula is C19H21N7O2. The molecule has 0 saturated carbocycles. The number of rotatable bonds is 4. The van der Waals surface area contributed by atoms with E-state index in [0.717, 1.165) is 16.9 Å². The molecule has 0 spiro atoms. The summed E-state index contributed by atoms with van der Waals surface area (Å²) >= 11 is 0. The molecule has 28 heavy (non-hydrogen) atoms. The third-order valence-electron chi connectivity index (χ3n) is 4.78. The lowest BCUT2D eigenvalue weighted by atomic mass is 10.1. The molecule has 0 bridgehead atoms. The van der Waals surface area contributed by atoms with Gasteiger partial charge in [-0.05, 0) is 18.4 Å². The highest BCUT2D eigenvalue weighted by atomic mass is 16.2. The van der Waals surface area contributed by atoms with Gasteiger partial charge in [-0.2, -0.15) is 5.10 Å². The lowest BCUT2D eigenvalue weighted by molar-refractivity contribution is -0.120. The summed E-state index contributed by atoms with van der Waals surface area (Å²) in [5, 5.41) is 11.4. The van der Waals surface area contributed by atoms with Crippen LogP contribution in [0.2, 0.25) is 0 Å². The van der Waals surface area contributed by atoms with Crippen molar-refractivity contribution in [1.82, 2.24) is 29.9 Å². The molecule has 1 N–H and O–H groups in total. The number of fused-ring (bicyclic) bond motifs is 1. The van der Waals surface area contributed by atoms with Gasteiger partial charge in [-0.1, -0.05) is 30.3 Å². The van der Waals surface area contributed by atoms with E-state index in [9.17, 15) is 9.59 Å². The Morgan fingerprint density at radius 1 is 1.21 bits per heavy atom. The fourth-order valence-electron chi connectivity index (χ4n) is 3.34. The van der Waals surface area contributed by atoms with Crippen molar-refractivity contribution in [3.8, 4) is 0 Å². The van der Waals surface area contributed by atoms with Crippen LogP contribution in [0.3, 0.4) is 0 Å². The predicted octanol–water partition coefficient (Wildman–Crippen LogP) is 0.767. The summed E-state index contributed by atoms with van der Waals surface area (Å²) in [5.74, 6) is -0.588. The monoisotopic (exact) mass is 379 g/mol. The number of hydrogen-bond donors (Lipinski definition) is 1. The molecule has 1 atom stereocenters. The summed E-state index contributed by atoms with van der Waals surface area (Å²) in [6, 6.07) is 9.15. The molecule has 144 valence electrons. The summed E-state index contributed by atoms with van der Waals surface area (Å²) in [6.45, 7) is 0.522. The number of benzene rings is 1. The molecule has 3 heterocycles. The van der Waals surface area contributed by atoms with Crippen molar-refractivity contribution in [1.29, 1.82) is 0 Å². The van der Waals surface area contributed by atoms with E-state index in [2.05, 4.69) is 20.5 Å². The van der Waals surface area contributed by atoms with Crippen molar-refractivity contribution in [2.45, 2.75) is 25.4 Å². The molecule has 3 aromatic rings. The fourth-order valence-corrected chi connectivity index (χ4v) is 3.34. The van der Waals surface area contributed by atoms with Crippen LogP contribution in [0, 0.1) is 0 Å². The highest BCUT2D eigenvalue weighted by Gasteiger charge is 2.31. The normalized spacial score (nSPS) is 16.6. The largest absolute Gasteiger partial charge is 0.337 e. The van der Waals surface area contributed by atoms with Gasteiger partial charge in [0.25, 0.3) is 5.91 Å². The van der Waals surface area contributed by atoms with Crippen molar-refractivity contribution in [2.75, 3.05) is 11.9 Å². The number of nitrogens with zero attached hydrogens (tertiary/aromatic N) is 6. The molecule has 9 heteroatoms. The Kier molecular flexibility index (Phi) is 4.64. The molecule has 0 unspecified atom stereocenters. The van der Waals surface area contributed by atoms with E-state index in [0.29, 0.717) is 19.4 Å². The lowest BCUT2D eigenvalue weighted by Crippen LogP contribution is -2.47. The molecular weight excluding hydrogens is 358 g/mol. The van der Waals surface area contributed by atoms with Crippen LogP contribution in [-0.4, -0.2) is 49.4 Å². The van der Waals surface area contributed by atoms with E-state index < -0.39 is 11.9 Å². The molecule has 0 radical (unpaired) electrons. The number of anilines is 1. The number of amides is 2. The predicted molar refractivity (Wildman–Crippen MR) is 102 cm³/mol. The number of likely N-dealkylation sites (N-methyl/N-ethyl adjacent to an activating group) is 1. The van der Waals surface area contributed by atoms with Gasteiger partial charge < -0.3 is 10.2 Å². The van der Waals surface area contributed by atoms with Crippen LogP contribution in [0.1, 0.15) is 28.3 Å². The van der Waals surface area contributed by atoms with Gasteiger partial charge in [-0.15, -0.1) is 5.10 Å². The highest BCUT2D eigenvalue weighted by molar-refractivity contribution is 6.01. The van der Waals surface area contributed by atoms with Gasteiger partial charge in [-0.25, -0.2) is 9.67 Å². The molecule has 0 fully saturated rings. The number of nitrogens with one attached hydrogen (secondary N) is 1. The Morgan fingerprint density at radius 2 is 2.00 bits per heavy atom. The number of aromatic nitrogens is 5. The summed E-state index contributed by atoms with van der Waals surface area (Å²) in [6.07, 6.45) is 4.41. The molecule has 4 rings (SSSR count). The van der Waals surface area contributed by atoms with Gasteiger partial charge in [0.05, 0.1) is 17.9 Å². The van der Waals surface area contributed by atoms with Crippen LogP contribution in [0.5, 0.6) is 0 Å². The fraction of sp³-hybridized carbons (Fsp3) is 0.316. The van der Waals surface area contributed by atoms with Crippen LogP contribution in [0.25, 0.3) is 0 Å². The summed E-state index contributed by atoms with van der Waals surface area (Å²) in [7, 11) is 3.52. The SMILES string of the molecule is CN1C(=O)[C@@H](NC(=O)c2ncn(Cc3ccccc3)n2)CCc2nn(C)cc21. The maximum atomic E-state index is 12.8. The van der Waals surface area contributed by atoms with Gasteiger partial charge in [-0.3, -0.25) is 14.3 Å². The zero-order valence-corrected chi connectivity index (χ0v) is 15.7. The molecule has 9 nitrogen and oxygen atoms in total. The average molecular weight is 379 g/mol. The lowest BCUT2D eigenvalue weighted by Gasteiger charge is -2.20. The first-order chi connectivity index (χ1) is 13.5. The molecule has 1 aromatic carbocycles. The van der Waals surface area contributed by atoms with E-state index >= 15 is 0 Å². The Morgan fingerprint density at radius 3 is 2.79 bits per heavy atom. The van der Waals surface area contributed by atoms with Gasteiger partial charge in [0, 0.05) is 20.3 Å². The smallest absolute Gasteiger partial charge is 0.291 e. The van der Waals surface area contributed by atoms with E-state index in [1.54, 1.807) is 21.3 Å². The topological polar surface area (TPSA) is 97.9 Å². The van der Waals surface area contributed by atoms with Crippen LogP contribution in [-0.2, 0) is 24.8 Å². The maximum absolute atomic E-state index is 12.8. The second-order valence-electron chi connectivity index (χ2n) is 6.85. The zero-order valence-electron chi connectivity index (χ0n) is 15.7. The minimum atomic E-state index is -0.641. The zero-order chi connectivity index (χ0) is 19.7. The molecule has 1 aliphatic heterocycles. The summed E-state index contributed by atoms with van der Waals surface area (Å²) in [4.78, 5) is 31.0. The van der Waals surface area contributed by atoms with E-state index in [-0.39, 0.29) is 11.7 Å². The van der Waals surface area contributed by atoms with Crippen molar-refractivity contribution < 1.29 is 9.59 Å². The average Bonchev–Trinajstić information content (AvgIpc) is 3.28. The maximum Gasteiger partial charge on any atom is 0.291 e. The van der Waals surface area contributed by atoms with Crippen molar-refractivity contribution in [2.24, 2.45) is 7.05 Å². The second-order valence-corrected chi connectivity index (χ2v) is 6.85. The number of aryl methyl sites for hydroxylation is 2. The molecule has 2 aromatic heterocycles. The Bertz CT molecular complexity index is 1010. The van der Waals surface area contributed by atoms with E-state index in [4.69, 9.17) is 0 Å². The Labute approximate surface area is 162 Å². The molecule has 0 saturated heterocycles. The van der Waals surface area contributed by atoms with Crippen LogP contribution in [0.4, 0.5) is 5.69 Å². The van der Waals surface area contributed by atoms with Crippen molar-refractivity contribution in [3.63, 3.8) is 0 Å². The summed E-state index contributed by atoms with van der Waals surface area (Å²) < 4.78 is 3.29. The van der Waals surface area contributed by atoms with Crippen molar-refractivity contribution in [3.05, 3.63) is 59.9 Å². The van der Waals surface area contributed by atoms with Gasteiger partial charge in [0.1, 0.15) is 12.4 Å². The number of hydrogen-bond acceptors (Lipinski definition) is 5. The van der Waals surface area contributed by atoms with Gasteiger partial charge in [0.2, 0.25) is 11.7 Å². The first-order valence-corrected chi connectivity index (χ1v) is 9.05.